The predicted molar refractivity (Wildman–Crippen MR) is 35.7 cm³/mol. The molecule has 0 spiro atoms. The van der Waals surface area contributed by atoms with Crippen molar-refractivity contribution < 1.29 is 8.54 Å². The molecule has 0 aliphatic heterocycles. The topological polar surface area (TPSA) is 18.5 Å². The molecule has 0 aliphatic rings. The summed E-state index contributed by atoms with van der Waals surface area (Å²) < 4.78 is 10.1. The van der Waals surface area contributed by atoms with Gasteiger partial charge in [-0.2, -0.15) is 0 Å². The van der Waals surface area contributed by atoms with Crippen LogP contribution in [0.3, 0.4) is 0 Å². The summed E-state index contributed by atoms with van der Waals surface area (Å²) in [6.07, 6.45) is 0. The van der Waals surface area contributed by atoms with Gasteiger partial charge in [-0.1, -0.05) is 6.92 Å². The molecule has 0 amide bonds. The van der Waals surface area contributed by atoms with Crippen LogP contribution in [0.1, 0.15) is 6.92 Å². The van der Waals surface area contributed by atoms with E-state index in [4.69, 9.17) is 8.54 Å². The molecule has 7 heavy (non-hydrogen) atoms. The lowest BCUT2D eigenvalue weighted by atomic mass is 11.0. The van der Waals surface area contributed by atoms with Gasteiger partial charge in [0.25, 0.3) is 0 Å². The lowest BCUT2D eigenvalue weighted by molar-refractivity contribution is 0.346. The summed E-state index contributed by atoms with van der Waals surface area (Å²) in [6.45, 7) is 2.10. The molecule has 0 heterocycles. The zero-order valence-electron chi connectivity index (χ0n) is 5.10. The van der Waals surface area contributed by atoms with Crippen molar-refractivity contribution in [2.24, 2.45) is 0 Å². The maximum Gasteiger partial charge on any atom is 0.309 e. The smallest absolute Gasteiger partial charge is 0.309 e. The van der Waals surface area contributed by atoms with Gasteiger partial charge in [0, 0.05) is 7.11 Å². The van der Waals surface area contributed by atoms with Gasteiger partial charge in [-0.3, -0.25) is 0 Å². The summed E-state index contributed by atoms with van der Waals surface area (Å²) in [5.41, 5.74) is 0. The highest BCUT2D eigenvalue weighted by Gasteiger charge is 2.01. The maximum absolute atomic E-state index is 5.10. The summed E-state index contributed by atoms with van der Waals surface area (Å²) in [6, 6.07) is 1.08. The van der Waals surface area contributed by atoms with Crippen LogP contribution in [0.4, 0.5) is 0 Å². The Morgan fingerprint density at radius 1 is 1.71 bits per heavy atom. The Morgan fingerprint density at radius 2 is 2.29 bits per heavy atom. The third kappa shape index (κ3) is 2.98. The van der Waals surface area contributed by atoms with Crippen LogP contribution < -0.4 is 0 Å². The first kappa shape index (κ1) is 7.35. The lowest BCUT2D eigenvalue weighted by Crippen LogP contribution is -2.17. The zero-order chi connectivity index (χ0) is 5.70. The van der Waals surface area contributed by atoms with Crippen LogP contribution in [-0.4, -0.2) is 26.9 Å². The van der Waals surface area contributed by atoms with E-state index < -0.39 is 9.28 Å². The molecule has 0 rings (SSSR count). The largest absolute Gasteiger partial charge is 0.447 e. The van der Waals surface area contributed by atoms with Crippen LogP contribution in [-0.2, 0) is 8.54 Å². The molecule has 0 fully saturated rings. The lowest BCUT2D eigenvalue weighted by Gasteiger charge is -2.06. The molecule has 4 heteroatoms. The molecule has 0 bridgehead atoms. The Labute approximate surface area is 49.2 Å². The van der Waals surface area contributed by atoms with E-state index >= 15 is 0 Å². The normalized spacial score (nSPS) is 14.6. The Morgan fingerprint density at radius 3 is 2.29 bits per heavy atom. The van der Waals surface area contributed by atoms with Crippen molar-refractivity contribution in [3.05, 3.63) is 0 Å². The van der Waals surface area contributed by atoms with Crippen molar-refractivity contribution >= 4 is 19.8 Å². The van der Waals surface area contributed by atoms with Crippen LogP contribution in [0.5, 0.6) is 0 Å². The van der Waals surface area contributed by atoms with E-state index in [1.54, 1.807) is 7.11 Å². The summed E-state index contributed by atoms with van der Waals surface area (Å²) in [4.78, 5) is 0. The SMILES string of the molecule is CC[SiH](OC)O[SiH3]. The van der Waals surface area contributed by atoms with E-state index in [1.807, 2.05) is 0 Å². The summed E-state index contributed by atoms with van der Waals surface area (Å²) >= 11 is 0. The second-order valence-electron chi connectivity index (χ2n) is 1.31. The molecule has 0 N–H and O–H groups in total. The van der Waals surface area contributed by atoms with Crippen molar-refractivity contribution in [3.8, 4) is 0 Å². The minimum Gasteiger partial charge on any atom is -0.447 e. The predicted octanol–water partition coefficient (Wildman–Crippen LogP) is -0.830. The Balaban J connectivity index is 2.99. The molecule has 44 valence electrons. The molecule has 0 saturated heterocycles. The van der Waals surface area contributed by atoms with Crippen LogP contribution in [0.15, 0.2) is 0 Å². The number of hydrogen-bond donors (Lipinski definition) is 0. The highest BCUT2D eigenvalue weighted by Crippen LogP contribution is 1.88. The summed E-state index contributed by atoms with van der Waals surface area (Å²) in [5.74, 6) is 0. The van der Waals surface area contributed by atoms with Gasteiger partial charge in [-0.05, 0) is 6.04 Å². The van der Waals surface area contributed by atoms with Gasteiger partial charge < -0.3 is 8.54 Å². The second-order valence-corrected chi connectivity index (χ2v) is 5.34. The van der Waals surface area contributed by atoms with Crippen LogP contribution >= 0.6 is 0 Å². The third-order valence-corrected chi connectivity index (χ3v) is 4.15. The van der Waals surface area contributed by atoms with Crippen LogP contribution in [0, 0.1) is 0 Å². The Hall–Kier alpha value is 0.354. The van der Waals surface area contributed by atoms with Crippen molar-refractivity contribution in [2.75, 3.05) is 7.11 Å². The van der Waals surface area contributed by atoms with Crippen molar-refractivity contribution in [1.82, 2.24) is 0 Å². The van der Waals surface area contributed by atoms with Gasteiger partial charge in [0.05, 0.1) is 0 Å². The first-order chi connectivity index (χ1) is 3.35. The molecule has 0 radical (unpaired) electrons. The summed E-state index contributed by atoms with van der Waals surface area (Å²) in [5, 5.41) is 0. The van der Waals surface area contributed by atoms with Crippen molar-refractivity contribution in [3.63, 3.8) is 0 Å². The fraction of sp³-hybridized carbons (Fsp3) is 1.00. The fourth-order valence-corrected chi connectivity index (χ4v) is 2.87. The molecule has 0 aromatic rings. The highest BCUT2D eigenvalue weighted by atomic mass is 28.3. The molecule has 2 nitrogen and oxygen atoms in total. The number of rotatable bonds is 3. The molecular weight excluding hydrogens is 124 g/mol. The van der Waals surface area contributed by atoms with Gasteiger partial charge in [-0.15, -0.1) is 0 Å². The zero-order valence-corrected chi connectivity index (χ0v) is 8.26. The highest BCUT2D eigenvalue weighted by molar-refractivity contribution is 6.48. The van der Waals surface area contributed by atoms with E-state index in [0.717, 1.165) is 16.5 Å². The quantitative estimate of drug-likeness (QED) is 0.472. The van der Waals surface area contributed by atoms with E-state index in [0.29, 0.717) is 0 Å². The second kappa shape index (κ2) is 4.51. The molecule has 1 unspecified atom stereocenters. The number of hydrogen-bond acceptors (Lipinski definition) is 2. The minimum atomic E-state index is -1.11. The Bertz CT molecular complexity index is 32.4. The molecule has 1 atom stereocenters. The average molecular weight is 136 g/mol. The van der Waals surface area contributed by atoms with E-state index in [2.05, 4.69) is 6.92 Å². The van der Waals surface area contributed by atoms with Crippen molar-refractivity contribution in [1.29, 1.82) is 0 Å². The maximum atomic E-state index is 5.10. The Kier molecular flexibility index (Phi) is 4.74. The van der Waals surface area contributed by atoms with E-state index in [1.165, 1.54) is 0 Å². The molecule has 0 aliphatic carbocycles. The fourth-order valence-electron chi connectivity index (χ4n) is 0.430. The van der Waals surface area contributed by atoms with Gasteiger partial charge in [-0.25, -0.2) is 0 Å². The molecule has 0 aromatic carbocycles. The van der Waals surface area contributed by atoms with E-state index in [9.17, 15) is 0 Å². The van der Waals surface area contributed by atoms with E-state index in [-0.39, 0.29) is 0 Å². The first-order valence-electron chi connectivity index (χ1n) is 2.40. The van der Waals surface area contributed by atoms with Crippen LogP contribution in [0.25, 0.3) is 0 Å². The molecule has 0 saturated carbocycles. The first-order valence-corrected chi connectivity index (χ1v) is 4.98. The van der Waals surface area contributed by atoms with Gasteiger partial charge in [0.2, 0.25) is 0 Å². The monoisotopic (exact) mass is 136 g/mol. The van der Waals surface area contributed by atoms with Crippen molar-refractivity contribution in [2.45, 2.75) is 13.0 Å². The van der Waals surface area contributed by atoms with Gasteiger partial charge in [0.1, 0.15) is 10.5 Å². The summed E-state index contributed by atoms with van der Waals surface area (Å²) in [7, 11) is 1.44. The third-order valence-electron chi connectivity index (χ3n) is 0.859. The molecular formula is C3H12O2Si2. The average Bonchev–Trinajstić information content (AvgIpc) is 1.72. The van der Waals surface area contributed by atoms with Gasteiger partial charge in [0.15, 0.2) is 0 Å². The molecule has 0 aromatic heterocycles. The van der Waals surface area contributed by atoms with Gasteiger partial charge >= 0.3 is 9.28 Å². The van der Waals surface area contributed by atoms with Crippen LogP contribution in [0.2, 0.25) is 6.04 Å². The minimum absolute atomic E-state index is 0.828. The standard InChI is InChI=1S/C3H12O2Si2/c1-3-7(4-2)5-6/h7H,3H2,1-2,6H3.